The Bertz CT molecular complexity index is 1020. The molecule has 0 heterocycles. The van der Waals surface area contributed by atoms with Crippen molar-refractivity contribution in [2.24, 2.45) is 0 Å². The van der Waals surface area contributed by atoms with Gasteiger partial charge in [-0.25, -0.2) is 8.78 Å². The number of carbonyl (C=O) groups excluding carboxylic acids is 3. The molecule has 10 heteroatoms. The molecule has 2 N–H and O–H groups in total. The van der Waals surface area contributed by atoms with E-state index >= 15 is 0 Å². The first-order valence-corrected chi connectivity index (χ1v) is 11.6. The minimum atomic E-state index is -1.89. The number of benzene rings is 2. The third-order valence-electron chi connectivity index (χ3n) is 4.34. The molecule has 7 nitrogen and oxygen atoms in total. The summed E-state index contributed by atoms with van der Waals surface area (Å²) in [6.07, 6.45) is 0. The highest BCUT2D eigenvalue weighted by molar-refractivity contribution is 7.86. The number of hydrogen-bond acceptors (Lipinski definition) is 4. The van der Waals surface area contributed by atoms with Crippen molar-refractivity contribution in [2.75, 3.05) is 21.7 Å². The highest BCUT2D eigenvalue weighted by atomic mass is 32.2. The van der Waals surface area contributed by atoms with E-state index in [1.807, 2.05) is 0 Å². The molecule has 2 aromatic carbocycles. The molecule has 0 saturated heterocycles. The van der Waals surface area contributed by atoms with Crippen LogP contribution in [0.15, 0.2) is 48.5 Å². The molecule has 0 aromatic heterocycles. The molecule has 0 bridgehead atoms. The topological polar surface area (TPSA) is 95.6 Å². The van der Waals surface area contributed by atoms with Crippen LogP contribution in [0, 0.1) is 11.6 Å². The Morgan fingerprint density at radius 1 is 0.939 bits per heavy atom. The SMILES string of the molecule is C[C@@H](C(=O)NC(C)(C)C)N(C(=O)C[S@@](=O)CC(=O)Nc1ccc(F)cc1)c1ccc(F)cc1. The van der Waals surface area contributed by atoms with E-state index in [1.54, 1.807) is 20.8 Å². The molecular formula is C23H27F2N3O4S. The first kappa shape index (κ1) is 26.1. The summed E-state index contributed by atoms with van der Waals surface area (Å²) >= 11 is 0. The Kier molecular flexibility index (Phi) is 8.81. The van der Waals surface area contributed by atoms with Gasteiger partial charge in [-0.2, -0.15) is 0 Å². The molecule has 0 unspecified atom stereocenters. The number of nitrogens with one attached hydrogen (secondary N) is 2. The number of amides is 3. The predicted molar refractivity (Wildman–Crippen MR) is 124 cm³/mol. The molecule has 0 spiro atoms. The van der Waals surface area contributed by atoms with Gasteiger partial charge in [0.25, 0.3) is 0 Å². The lowest BCUT2D eigenvalue weighted by molar-refractivity contribution is -0.126. The van der Waals surface area contributed by atoms with Crippen molar-refractivity contribution >= 4 is 39.9 Å². The standard InChI is InChI=1S/C23H27F2N3O4S/c1-15(22(31)27-23(2,3)4)28(19-11-7-17(25)8-12-19)21(30)14-33(32)13-20(29)26-18-9-5-16(24)6-10-18/h5-12,15H,13-14H2,1-4H3,(H,26,29)(H,27,31)/t15-,33-/m0/s1. The van der Waals surface area contributed by atoms with Gasteiger partial charge in [0.2, 0.25) is 17.7 Å². The van der Waals surface area contributed by atoms with E-state index in [2.05, 4.69) is 10.6 Å². The van der Waals surface area contributed by atoms with Crippen LogP contribution in [0.2, 0.25) is 0 Å². The molecule has 0 aliphatic heterocycles. The van der Waals surface area contributed by atoms with Crippen LogP contribution in [0.4, 0.5) is 20.2 Å². The van der Waals surface area contributed by atoms with E-state index in [0.717, 1.165) is 17.0 Å². The fourth-order valence-corrected chi connectivity index (χ4v) is 3.79. The van der Waals surface area contributed by atoms with Crippen molar-refractivity contribution in [2.45, 2.75) is 39.3 Å². The van der Waals surface area contributed by atoms with Gasteiger partial charge >= 0.3 is 0 Å². The van der Waals surface area contributed by atoms with Gasteiger partial charge in [0.1, 0.15) is 29.2 Å². The van der Waals surface area contributed by atoms with Crippen LogP contribution in [0.3, 0.4) is 0 Å². The van der Waals surface area contributed by atoms with Gasteiger partial charge in [-0.15, -0.1) is 0 Å². The lowest BCUT2D eigenvalue weighted by Crippen LogP contribution is -2.53. The second-order valence-corrected chi connectivity index (χ2v) is 9.90. The third kappa shape index (κ3) is 8.38. The van der Waals surface area contributed by atoms with Crippen molar-refractivity contribution in [1.29, 1.82) is 0 Å². The highest BCUT2D eigenvalue weighted by Gasteiger charge is 2.30. The molecule has 0 aliphatic carbocycles. The monoisotopic (exact) mass is 479 g/mol. The minimum Gasteiger partial charge on any atom is -0.350 e. The van der Waals surface area contributed by atoms with Crippen molar-refractivity contribution in [3.05, 3.63) is 60.2 Å². The fourth-order valence-electron chi connectivity index (χ4n) is 2.91. The van der Waals surface area contributed by atoms with Crippen LogP contribution < -0.4 is 15.5 Å². The maximum atomic E-state index is 13.4. The van der Waals surface area contributed by atoms with Gasteiger partial charge in [0.15, 0.2) is 0 Å². The maximum Gasteiger partial charge on any atom is 0.243 e. The third-order valence-corrected chi connectivity index (χ3v) is 5.50. The molecule has 2 aromatic rings. The number of anilines is 2. The summed E-state index contributed by atoms with van der Waals surface area (Å²) in [6, 6.07) is 9.05. The lowest BCUT2D eigenvalue weighted by Gasteiger charge is -2.31. The Balaban J connectivity index is 2.12. The quantitative estimate of drug-likeness (QED) is 0.609. The zero-order valence-corrected chi connectivity index (χ0v) is 19.7. The summed E-state index contributed by atoms with van der Waals surface area (Å²) in [6.45, 7) is 6.87. The Hall–Kier alpha value is -3.14. The summed E-state index contributed by atoms with van der Waals surface area (Å²) in [5, 5.41) is 5.26. The summed E-state index contributed by atoms with van der Waals surface area (Å²) in [4.78, 5) is 39.0. The van der Waals surface area contributed by atoms with Gasteiger partial charge in [-0.3, -0.25) is 23.5 Å². The molecule has 33 heavy (non-hydrogen) atoms. The van der Waals surface area contributed by atoms with Gasteiger partial charge in [0, 0.05) is 27.7 Å². The first-order valence-electron chi connectivity index (χ1n) is 10.2. The van der Waals surface area contributed by atoms with E-state index in [0.29, 0.717) is 5.69 Å². The average molecular weight is 480 g/mol. The maximum absolute atomic E-state index is 13.4. The zero-order valence-electron chi connectivity index (χ0n) is 18.9. The number of hydrogen-bond donors (Lipinski definition) is 2. The normalized spacial score (nSPS) is 13.0. The summed E-state index contributed by atoms with van der Waals surface area (Å²) in [7, 11) is -1.89. The zero-order chi connectivity index (χ0) is 24.8. The van der Waals surface area contributed by atoms with E-state index < -0.39 is 63.2 Å². The number of nitrogens with zero attached hydrogens (tertiary/aromatic N) is 1. The lowest BCUT2D eigenvalue weighted by atomic mass is 10.1. The Morgan fingerprint density at radius 2 is 1.45 bits per heavy atom. The smallest absolute Gasteiger partial charge is 0.243 e. The van der Waals surface area contributed by atoms with E-state index in [9.17, 15) is 27.4 Å². The van der Waals surface area contributed by atoms with E-state index in [1.165, 1.54) is 43.3 Å². The van der Waals surface area contributed by atoms with Crippen LogP contribution >= 0.6 is 0 Å². The van der Waals surface area contributed by atoms with Crippen molar-refractivity contribution < 1.29 is 27.4 Å². The molecular weight excluding hydrogens is 452 g/mol. The molecule has 2 rings (SSSR count). The molecule has 2 atom stereocenters. The van der Waals surface area contributed by atoms with Crippen LogP contribution in [-0.4, -0.2) is 45.0 Å². The van der Waals surface area contributed by atoms with E-state index in [4.69, 9.17) is 0 Å². The van der Waals surface area contributed by atoms with Gasteiger partial charge in [-0.1, -0.05) is 0 Å². The van der Waals surface area contributed by atoms with Crippen LogP contribution in [0.1, 0.15) is 27.7 Å². The number of halogens is 2. The van der Waals surface area contributed by atoms with Gasteiger partial charge < -0.3 is 10.6 Å². The van der Waals surface area contributed by atoms with Crippen LogP contribution in [0.5, 0.6) is 0 Å². The largest absolute Gasteiger partial charge is 0.350 e. The van der Waals surface area contributed by atoms with Gasteiger partial charge in [0.05, 0.1) is 0 Å². The predicted octanol–water partition coefficient (Wildman–Crippen LogP) is 2.99. The fraction of sp³-hybridized carbons (Fsp3) is 0.348. The molecule has 0 fully saturated rings. The molecule has 3 amide bonds. The molecule has 178 valence electrons. The van der Waals surface area contributed by atoms with E-state index in [-0.39, 0.29) is 5.69 Å². The Labute approximate surface area is 194 Å². The average Bonchev–Trinajstić information content (AvgIpc) is 2.69. The van der Waals surface area contributed by atoms with Crippen LogP contribution in [-0.2, 0) is 25.2 Å². The van der Waals surface area contributed by atoms with Gasteiger partial charge in [-0.05, 0) is 76.2 Å². The summed E-state index contributed by atoms with van der Waals surface area (Å²) in [5.74, 6) is -3.69. The number of rotatable bonds is 8. The highest BCUT2D eigenvalue weighted by Crippen LogP contribution is 2.19. The number of carbonyl (C=O) groups is 3. The van der Waals surface area contributed by atoms with Crippen molar-refractivity contribution in [3.8, 4) is 0 Å². The minimum absolute atomic E-state index is 0.255. The first-order chi connectivity index (χ1) is 15.4. The molecule has 0 saturated carbocycles. The summed E-state index contributed by atoms with van der Waals surface area (Å²) in [5.41, 5.74) is 0.0280. The summed E-state index contributed by atoms with van der Waals surface area (Å²) < 4.78 is 38.9. The van der Waals surface area contributed by atoms with Crippen molar-refractivity contribution in [1.82, 2.24) is 5.32 Å². The second kappa shape index (κ2) is 11.1. The molecule has 0 aliphatic rings. The Morgan fingerprint density at radius 3 is 1.97 bits per heavy atom. The van der Waals surface area contributed by atoms with Crippen LogP contribution in [0.25, 0.3) is 0 Å². The molecule has 0 radical (unpaired) electrons. The van der Waals surface area contributed by atoms with Crippen molar-refractivity contribution in [3.63, 3.8) is 0 Å². The second-order valence-electron chi connectivity index (χ2n) is 8.44.